The number of hydrogen-bond acceptors (Lipinski definition) is 5. The Kier molecular flexibility index (Phi) is 6.52. The predicted molar refractivity (Wildman–Crippen MR) is 140 cm³/mol. The zero-order chi connectivity index (χ0) is 23.3. The molecular formula is C29H30N4O. The molecule has 5 nitrogen and oxygen atoms in total. The van der Waals surface area contributed by atoms with Crippen molar-refractivity contribution >= 4 is 33.2 Å². The van der Waals surface area contributed by atoms with E-state index >= 15 is 0 Å². The molecule has 0 saturated heterocycles. The van der Waals surface area contributed by atoms with Gasteiger partial charge in [0.25, 0.3) is 0 Å². The third-order valence-corrected chi connectivity index (χ3v) is 6.20. The van der Waals surface area contributed by atoms with Crippen molar-refractivity contribution < 1.29 is 4.42 Å². The van der Waals surface area contributed by atoms with E-state index < -0.39 is 0 Å². The summed E-state index contributed by atoms with van der Waals surface area (Å²) < 4.78 is 6.47. The van der Waals surface area contributed by atoms with Crippen LogP contribution in [0.4, 0.5) is 11.4 Å². The molecule has 5 rings (SSSR count). The van der Waals surface area contributed by atoms with Crippen LogP contribution in [-0.2, 0) is 0 Å². The van der Waals surface area contributed by atoms with Crippen molar-refractivity contribution in [3.63, 3.8) is 0 Å². The molecule has 0 radical (unpaired) electrons. The van der Waals surface area contributed by atoms with Gasteiger partial charge in [-0.1, -0.05) is 51.0 Å². The van der Waals surface area contributed by atoms with Gasteiger partial charge in [0.15, 0.2) is 11.3 Å². The molecule has 3 aromatic rings. The SMILES string of the molecule is CCCCN(CCCC)c1ccc2nc3c4ccccc4/c(=N\c4ccncc4)cc-3oc2c1. The van der Waals surface area contributed by atoms with Crippen LogP contribution < -0.4 is 10.3 Å². The first kappa shape index (κ1) is 22.1. The Labute approximate surface area is 200 Å². The molecule has 0 N–H and O–H groups in total. The molecule has 2 heterocycles. The van der Waals surface area contributed by atoms with Gasteiger partial charge in [-0.2, -0.15) is 0 Å². The van der Waals surface area contributed by atoms with Crippen molar-refractivity contribution in [3.8, 4) is 11.5 Å². The quantitative estimate of drug-likeness (QED) is 0.187. The summed E-state index contributed by atoms with van der Waals surface area (Å²) in [6.07, 6.45) is 8.24. The monoisotopic (exact) mass is 450 g/mol. The Balaban J connectivity index is 1.67. The molecule has 0 atom stereocenters. The predicted octanol–water partition coefficient (Wildman–Crippen LogP) is 7.12. The average Bonchev–Trinajstić information content (AvgIpc) is 2.88. The number of pyridine rings is 1. The number of aromatic nitrogens is 2. The minimum Gasteiger partial charge on any atom is -0.453 e. The Hall–Kier alpha value is -3.73. The number of unbranched alkanes of at least 4 members (excludes halogenated alkanes) is 2. The maximum atomic E-state index is 6.47. The maximum absolute atomic E-state index is 6.47. The summed E-state index contributed by atoms with van der Waals surface area (Å²) in [6, 6.07) is 20.5. The zero-order valence-electron chi connectivity index (χ0n) is 19.9. The molecule has 0 spiro atoms. The van der Waals surface area contributed by atoms with Crippen molar-refractivity contribution in [2.24, 2.45) is 4.99 Å². The van der Waals surface area contributed by atoms with Crippen molar-refractivity contribution in [2.45, 2.75) is 39.5 Å². The van der Waals surface area contributed by atoms with E-state index in [2.05, 4.69) is 54.1 Å². The van der Waals surface area contributed by atoms with E-state index in [1.54, 1.807) is 12.4 Å². The zero-order valence-corrected chi connectivity index (χ0v) is 19.9. The van der Waals surface area contributed by atoms with Gasteiger partial charge in [-0.05, 0) is 37.1 Å². The van der Waals surface area contributed by atoms with E-state index in [9.17, 15) is 0 Å². The lowest BCUT2D eigenvalue weighted by Gasteiger charge is -2.25. The number of rotatable bonds is 8. The summed E-state index contributed by atoms with van der Waals surface area (Å²) >= 11 is 0. The molecule has 0 bridgehead atoms. The van der Waals surface area contributed by atoms with Crippen LogP contribution in [0.1, 0.15) is 39.5 Å². The Morgan fingerprint density at radius 1 is 0.853 bits per heavy atom. The third kappa shape index (κ3) is 4.51. The minimum absolute atomic E-state index is 0.741. The van der Waals surface area contributed by atoms with Gasteiger partial charge >= 0.3 is 0 Å². The molecule has 0 saturated carbocycles. The van der Waals surface area contributed by atoms with E-state index in [1.165, 1.54) is 31.4 Å². The van der Waals surface area contributed by atoms with Gasteiger partial charge < -0.3 is 9.32 Å². The van der Waals surface area contributed by atoms with Crippen molar-refractivity contribution in [1.82, 2.24) is 9.97 Å². The Morgan fingerprint density at radius 2 is 1.59 bits per heavy atom. The van der Waals surface area contributed by atoms with Crippen molar-refractivity contribution in [2.75, 3.05) is 18.0 Å². The molecule has 5 heteroatoms. The van der Waals surface area contributed by atoms with Crippen LogP contribution in [0.3, 0.4) is 0 Å². The number of nitrogens with zero attached hydrogens (tertiary/aromatic N) is 4. The van der Waals surface area contributed by atoms with Gasteiger partial charge in [-0.3, -0.25) is 4.98 Å². The maximum Gasteiger partial charge on any atom is 0.155 e. The molecule has 1 aliphatic carbocycles. The first-order valence-corrected chi connectivity index (χ1v) is 12.2. The van der Waals surface area contributed by atoms with Crippen LogP contribution in [0, 0.1) is 0 Å². The van der Waals surface area contributed by atoms with E-state index in [0.29, 0.717) is 0 Å². The third-order valence-electron chi connectivity index (χ3n) is 6.20. The molecule has 1 aromatic heterocycles. The summed E-state index contributed by atoms with van der Waals surface area (Å²) in [5.74, 6) is 0.741. The molecule has 1 aliphatic heterocycles. The van der Waals surface area contributed by atoms with Gasteiger partial charge in [0, 0.05) is 54.1 Å². The first-order chi connectivity index (χ1) is 16.8. The summed E-state index contributed by atoms with van der Waals surface area (Å²) in [6.45, 7) is 6.59. The van der Waals surface area contributed by atoms with Crippen molar-refractivity contribution in [1.29, 1.82) is 0 Å². The lowest BCUT2D eigenvalue weighted by molar-refractivity contribution is 0.612. The van der Waals surface area contributed by atoms with E-state index in [-0.39, 0.29) is 0 Å². The standard InChI is InChI=1S/C29H30N4O/c1-3-5-17-33(18-6-4-2)22-11-12-25-27(19-22)34-28-20-26(31-21-13-15-30-16-14-21)23-9-7-8-10-24(23)29(28)32-25/h7-16,19-20H,3-6,17-18H2,1-2H3/b31-26-. The normalized spacial score (nSPS) is 12.1. The lowest BCUT2D eigenvalue weighted by Crippen LogP contribution is -2.25. The lowest BCUT2D eigenvalue weighted by atomic mass is 10.0. The minimum atomic E-state index is 0.741. The van der Waals surface area contributed by atoms with Crippen LogP contribution in [0.5, 0.6) is 0 Å². The molecule has 172 valence electrons. The average molecular weight is 451 g/mol. The van der Waals surface area contributed by atoms with Gasteiger partial charge in [0.05, 0.1) is 11.0 Å². The van der Waals surface area contributed by atoms with Gasteiger partial charge in [-0.15, -0.1) is 0 Å². The van der Waals surface area contributed by atoms with E-state index in [1.807, 2.05) is 30.3 Å². The second kappa shape index (κ2) is 10.0. The Bertz CT molecular complexity index is 1430. The van der Waals surface area contributed by atoms with Gasteiger partial charge in [-0.25, -0.2) is 9.98 Å². The highest BCUT2D eigenvalue weighted by molar-refractivity contribution is 5.96. The fourth-order valence-electron chi connectivity index (χ4n) is 4.34. The van der Waals surface area contributed by atoms with Gasteiger partial charge in [0.1, 0.15) is 11.2 Å². The highest BCUT2D eigenvalue weighted by Crippen LogP contribution is 2.32. The number of hydrogen-bond donors (Lipinski definition) is 0. The fourth-order valence-corrected chi connectivity index (χ4v) is 4.34. The summed E-state index contributed by atoms with van der Waals surface area (Å²) in [4.78, 5) is 16.5. The van der Waals surface area contributed by atoms with Crippen LogP contribution in [-0.4, -0.2) is 23.1 Å². The van der Waals surface area contributed by atoms with Crippen LogP contribution in [0.25, 0.3) is 33.3 Å². The van der Waals surface area contributed by atoms with Crippen LogP contribution in [0.2, 0.25) is 0 Å². The van der Waals surface area contributed by atoms with Crippen molar-refractivity contribution in [3.05, 3.63) is 78.4 Å². The first-order valence-electron chi connectivity index (χ1n) is 12.2. The summed E-state index contributed by atoms with van der Waals surface area (Å²) in [5, 5.41) is 2.95. The molecule has 2 aliphatic rings. The summed E-state index contributed by atoms with van der Waals surface area (Å²) in [7, 11) is 0. The summed E-state index contributed by atoms with van der Waals surface area (Å²) in [5.41, 5.74) is 4.58. The Morgan fingerprint density at radius 3 is 2.32 bits per heavy atom. The number of anilines is 1. The second-order valence-corrected chi connectivity index (χ2v) is 8.67. The molecule has 2 aromatic carbocycles. The van der Waals surface area contributed by atoms with E-state index in [4.69, 9.17) is 14.4 Å². The molecular weight excluding hydrogens is 420 g/mol. The largest absolute Gasteiger partial charge is 0.453 e. The molecule has 0 unspecified atom stereocenters. The fraction of sp³-hybridized carbons (Fsp3) is 0.276. The highest BCUT2D eigenvalue weighted by atomic mass is 16.3. The van der Waals surface area contributed by atoms with E-state index in [0.717, 1.165) is 57.5 Å². The molecule has 0 amide bonds. The number of benzene rings is 3. The van der Waals surface area contributed by atoms with Gasteiger partial charge in [0.2, 0.25) is 0 Å². The highest BCUT2D eigenvalue weighted by Gasteiger charge is 2.16. The van der Waals surface area contributed by atoms with Crippen LogP contribution >= 0.6 is 0 Å². The smallest absolute Gasteiger partial charge is 0.155 e. The second-order valence-electron chi connectivity index (χ2n) is 8.67. The molecule has 0 fully saturated rings. The topological polar surface area (TPSA) is 54.5 Å². The molecule has 34 heavy (non-hydrogen) atoms. The van der Waals surface area contributed by atoms with Crippen LogP contribution in [0.15, 0.2) is 82.5 Å². The number of fused-ring (bicyclic) bond motifs is 4.